The van der Waals surface area contributed by atoms with Crippen molar-refractivity contribution in [2.75, 3.05) is 0 Å². The van der Waals surface area contributed by atoms with Gasteiger partial charge in [0.05, 0.1) is 22.2 Å². The first-order chi connectivity index (χ1) is 23.6. The molecule has 3 heteroatoms. The van der Waals surface area contributed by atoms with Crippen LogP contribution in [0.3, 0.4) is 0 Å². The van der Waals surface area contributed by atoms with Crippen LogP contribution in [0.4, 0.5) is 0 Å². The van der Waals surface area contributed by atoms with Crippen molar-refractivity contribution < 1.29 is 0 Å². The number of benzene rings is 7. The van der Waals surface area contributed by atoms with Gasteiger partial charge in [0.1, 0.15) is 0 Å². The molecule has 0 N–H and O–H groups in total. The Morgan fingerprint density at radius 3 is 2.10 bits per heavy atom. The molecule has 1 atom stereocenters. The third kappa shape index (κ3) is 4.58. The van der Waals surface area contributed by atoms with Crippen molar-refractivity contribution in [2.45, 2.75) is 19.8 Å². The van der Waals surface area contributed by atoms with E-state index in [9.17, 15) is 0 Å². The smallest absolute Gasteiger partial charge is 0.235 e. The van der Waals surface area contributed by atoms with Gasteiger partial charge in [-0.2, -0.15) is 0 Å². The molecule has 48 heavy (non-hydrogen) atoms. The predicted octanol–water partition coefficient (Wildman–Crippen LogP) is 11.7. The molecule has 9 aromatic rings. The first-order valence-electron chi connectivity index (χ1n) is 16.6. The fraction of sp³-hybridized carbons (Fsp3) is 0.0667. The summed E-state index contributed by atoms with van der Waals surface area (Å²) in [5.41, 5.74) is 11.5. The van der Waals surface area contributed by atoms with E-state index in [1.165, 1.54) is 49.4 Å². The molecule has 3 nitrogen and oxygen atoms in total. The Morgan fingerprint density at radius 2 is 1.23 bits per heavy atom. The summed E-state index contributed by atoms with van der Waals surface area (Å²) >= 11 is 0. The Morgan fingerprint density at radius 1 is 0.521 bits per heavy atom. The van der Waals surface area contributed by atoms with Crippen LogP contribution in [0.25, 0.3) is 71.8 Å². The zero-order valence-electron chi connectivity index (χ0n) is 26.9. The Kier molecular flexibility index (Phi) is 6.65. The monoisotopic (exact) mass is 615 g/mol. The average Bonchev–Trinajstić information content (AvgIpc) is 3.46. The van der Waals surface area contributed by atoms with Crippen LogP contribution in [0, 0.1) is 6.92 Å². The minimum Gasteiger partial charge on any atom is -0.278 e. The molecule has 2 aromatic heterocycles. The van der Waals surface area contributed by atoms with E-state index in [1.807, 2.05) is 0 Å². The van der Waals surface area contributed by atoms with Crippen molar-refractivity contribution >= 4 is 43.5 Å². The molecule has 0 amide bonds. The van der Waals surface area contributed by atoms with Gasteiger partial charge in [0.2, 0.25) is 5.95 Å². The number of nitrogens with zero attached hydrogens (tertiary/aromatic N) is 3. The molecule has 0 saturated heterocycles. The topological polar surface area (TPSA) is 30.7 Å². The van der Waals surface area contributed by atoms with E-state index in [0.717, 1.165) is 33.2 Å². The maximum absolute atomic E-state index is 5.35. The average molecular weight is 616 g/mol. The number of aryl methyl sites for hydroxylation is 1. The predicted molar refractivity (Wildman–Crippen MR) is 201 cm³/mol. The number of para-hydroxylation sites is 2. The molecule has 228 valence electrons. The number of rotatable bonds is 5. The molecular formula is C45H33N3. The third-order valence-corrected chi connectivity index (χ3v) is 9.85. The van der Waals surface area contributed by atoms with Gasteiger partial charge in [-0.05, 0) is 75.8 Å². The number of fused-ring (bicyclic) bond motifs is 5. The Hall–Kier alpha value is -6.06. The van der Waals surface area contributed by atoms with Crippen LogP contribution in [0.1, 0.15) is 29.5 Å². The lowest BCUT2D eigenvalue weighted by Crippen LogP contribution is -2.04. The molecule has 0 aliphatic heterocycles. The fourth-order valence-corrected chi connectivity index (χ4v) is 7.39. The van der Waals surface area contributed by atoms with Gasteiger partial charge in [0, 0.05) is 27.6 Å². The van der Waals surface area contributed by atoms with Crippen LogP contribution in [-0.4, -0.2) is 14.5 Å². The van der Waals surface area contributed by atoms with Gasteiger partial charge >= 0.3 is 0 Å². The zero-order chi connectivity index (χ0) is 32.2. The van der Waals surface area contributed by atoms with Crippen LogP contribution in [0.2, 0.25) is 0 Å². The first kappa shape index (κ1) is 28.2. The first-order valence-corrected chi connectivity index (χ1v) is 16.6. The second kappa shape index (κ2) is 11.3. The zero-order valence-corrected chi connectivity index (χ0v) is 26.9. The second-order valence-electron chi connectivity index (χ2n) is 12.7. The lowest BCUT2D eigenvalue weighted by molar-refractivity contribution is 0.924. The van der Waals surface area contributed by atoms with Crippen molar-refractivity contribution in [3.05, 3.63) is 174 Å². The van der Waals surface area contributed by atoms with E-state index in [1.54, 1.807) is 0 Å². The molecule has 0 aliphatic carbocycles. The highest BCUT2D eigenvalue weighted by molar-refractivity contribution is 6.11. The molecule has 0 fully saturated rings. The summed E-state index contributed by atoms with van der Waals surface area (Å²) in [7, 11) is 0. The lowest BCUT2D eigenvalue weighted by atomic mass is 9.85. The second-order valence-corrected chi connectivity index (χ2v) is 12.7. The van der Waals surface area contributed by atoms with Gasteiger partial charge in [0.25, 0.3) is 0 Å². The van der Waals surface area contributed by atoms with Gasteiger partial charge in [-0.15, -0.1) is 0 Å². The van der Waals surface area contributed by atoms with E-state index in [4.69, 9.17) is 9.97 Å². The summed E-state index contributed by atoms with van der Waals surface area (Å²) in [6.45, 7) is 4.53. The lowest BCUT2D eigenvalue weighted by Gasteiger charge is -2.19. The highest BCUT2D eigenvalue weighted by Crippen LogP contribution is 2.40. The van der Waals surface area contributed by atoms with Crippen molar-refractivity contribution in [3.63, 3.8) is 0 Å². The Labute approximate surface area is 279 Å². The van der Waals surface area contributed by atoms with Crippen molar-refractivity contribution in [2.24, 2.45) is 0 Å². The van der Waals surface area contributed by atoms with Crippen molar-refractivity contribution in [1.29, 1.82) is 0 Å². The molecule has 7 aromatic carbocycles. The molecule has 0 radical (unpaired) electrons. The fourth-order valence-electron chi connectivity index (χ4n) is 7.39. The molecule has 0 spiro atoms. The third-order valence-electron chi connectivity index (χ3n) is 9.85. The highest BCUT2D eigenvalue weighted by Gasteiger charge is 2.21. The molecule has 0 aliphatic rings. The summed E-state index contributed by atoms with van der Waals surface area (Å²) in [5.74, 6) is 0.937. The minimum absolute atomic E-state index is 0.262. The van der Waals surface area contributed by atoms with Gasteiger partial charge in [-0.3, -0.25) is 4.57 Å². The SMILES string of the molecule is Cc1cc2c(cc1-c1ccccc1C(C)c1ccccc1)c1ccccc1n2-c1nc(-c2ccc3ccccc3c2)c2ccccc2n1. The van der Waals surface area contributed by atoms with E-state index in [2.05, 4.69) is 176 Å². The maximum Gasteiger partial charge on any atom is 0.235 e. The quantitative estimate of drug-likeness (QED) is 0.193. The molecule has 1 unspecified atom stereocenters. The molecule has 2 heterocycles. The van der Waals surface area contributed by atoms with Crippen LogP contribution < -0.4 is 0 Å². The summed E-state index contributed by atoms with van der Waals surface area (Å²) in [5, 5.41) is 5.83. The molecule has 0 saturated carbocycles. The number of aromatic nitrogens is 3. The van der Waals surface area contributed by atoms with Crippen LogP contribution in [0.15, 0.2) is 158 Å². The summed E-state index contributed by atoms with van der Waals surface area (Å²) in [6.07, 6.45) is 0. The van der Waals surface area contributed by atoms with E-state index in [0.29, 0.717) is 5.95 Å². The summed E-state index contributed by atoms with van der Waals surface area (Å²) in [6, 6.07) is 56.4. The molecular weight excluding hydrogens is 583 g/mol. The summed E-state index contributed by atoms with van der Waals surface area (Å²) in [4.78, 5) is 10.6. The number of hydrogen-bond acceptors (Lipinski definition) is 2. The largest absolute Gasteiger partial charge is 0.278 e. The highest BCUT2D eigenvalue weighted by atomic mass is 15.2. The van der Waals surface area contributed by atoms with Gasteiger partial charge in [-0.25, -0.2) is 9.97 Å². The molecule has 0 bridgehead atoms. The van der Waals surface area contributed by atoms with Crippen LogP contribution in [0.5, 0.6) is 0 Å². The minimum atomic E-state index is 0.262. The van der Waals surface area contributed by atoms with Gasteiger partial charge in [0.15, 0.2) is 0 Å². The van der Waals surface area contributed by atoms with Gasteiger partial charge in [-0.1, -0.05) is 134 Å². The summed E-state index contributed by atoms with van der Waals surface area (Å²) < 4.78 is 2.25. The van der Waals surface area contributed by atoms with E-state index < -0.39 is 0 Å². The van der Waals surface area contributed by atoms with Crippen molar-refractivity contribution in [3.8, 4) is 28.3 Å². The van der Waals surface area contributed by atoms with Crippen LogP contribution in [-0.2, 0) is 0 Å². The molecule has 9 rings (SSSR count). The van der Waals surface area contributed by atoms with Crippen LogP contribution >= 0.6 is 0 Å². The van der Waals surface area contributed by atoms with Gasteiger partial charge < -0.3 is 0 Å². The Balaban J connectivity index is 1.28. The van der Waals surface area contributed by atoms with E-state index in [-0.39, 0.29) is 5.92 Å². The van der Waals surface area contributed by atoms with E-state index >= 15 is 0 Å². The maximum atomic E-state index is 5.35. The Bertz CT molecular complexity index is 2650. The number of hydrogen-bond donors (Lipinski definition) is 0. The van der Waals surface area contributed by atoms with Crippen molar-refractivity contribution in [1.82, 2.24) is 14.5 Å². The normalized spacial score (nSPS) is 12.3. The standard InChI is InChI=1S/C45H33N3/c1-29-26-43-40(28-39(29)36-19-9-8-18-35(36)30(2)31-14-4-3-5-15-31)37-20-11-13-23-42(37)48(43)45-46-41-22-12-10-21-38(41)44(47-45)34-25-24-32-16-6-7-17-33(32)27-34/h3-28,30H,1-2H3.